The first kappa shape index (κ1) is 20.2. The number of aromatic nitrogens is 2. The third-order valence-corrected chi connectivity index (χ3v) is 4.25. The monoisotopic (exact) mass is 381 g/mol. The molecule has 1 aliphatic rings. The predicted molar refractivity (Wildman–Crippen MR) is 99.0 cm³/mol. The van der Waals surface area contributed by atoms with Gasteiger partial charge in [0, 0.05) is 31.7 Å². The molecule has 3 rings (SSSR count). The fourth-order valence-electron chi connectivity index (χ4n) is 2.78. The van der Waals surface area contributed by atoms with E-state index in [1.165, 1.54) is 0 Å². The zero-order valence-corrected chi connectivity index (χ0v) is 15.7. The van der Waals surface area contributed by atoms with Gasteiger partial charge in [0.25, 0.3) is 0 Å². The standard InChI is InChI=1S/C17H23N5O3.ClH/c1-12(18)17(23)22-9-7-21(8-10-22)11-15-19-16(20-25-15)13-3-5-14(24-2)6-4-13;/h3-6,12H,7-11,18H2,1-2H3;1H. The van der Waals surface area contributed by atoms with Crippen molar-refractivity contribution in [3.05, 3.63) is 30.2 Å². The Kier molecular flexibility index (Phi) is 6.96. The number of halogens is 1. The number of benzene rings is 1. The number of ether oxygens (including phenoxy) is 1. The molecule has 0 bridgehead atoms. The summed E-state index contributed by atoms with van der Waals surface area (Å²) >= 11 is 0. The zero-order chi connectivity index (χ0) is 17.8. The summed E-state index contributed by atoms with van der Waals surface area (Å²) in [5, 5.41) is 4.04. The Morgan fingerprint density at radius 2 is 1.92 bits per heavy atom. The van der Waals surface area contributed by atoms with E-state index in [1.54, 1.807) is 18.9 Å². The van der Waals surface area contributed by atoms with E-state index in [9.17, 15) is 4.79 Å². The van der Waals surface area contributed by atoms with Crippen molar-refractivity contribution in [3.63, 3.8) is 0 Å². The summed E-state index contributed by atoms with van der Waals surface area (Å²) in [7, 11) is 1.63. The summed E-state index contributed by atoms with van der Waals surface area (Å²) < 4.78 is 10.5. The fourth-order valence-corrected chi connectivity index (χ4v) is 2.78. The summed E-state index contributed by atoms with van der Waals surface area (Å²) in [5.74, 6) is 1.91. The van der Waals surface area contributed by atoms with Gasteiger partial charge < -0.3 is 19.9 Å². The number of nitrogens with zero attached hydrogens (tertiary/aromatic N) is 4. The Balaban J connectivity index is 0.00000243. The topological polar surface area (TPSA) is 97.7 Å². The molecule has 0 radical (unpaired) electrons. The summed E-state index contributed by atoms with van der Waals surface area (Å²) in [5.41, 5.74) is 6.53. The van der Waals surface area contributed by atoms with E-state index >= 15 is 0 Å². The highest BCUT2D eigenvalue weighted by Gasteiger charge is 2.24. The minimum absolute atomic E-state index is 0. The maximum absolute atomic E-state index is 11.9. The SMILES string of the molecule is COc1ccc(-c2noc(CN3CCN(C(=O)C(C)N)CC3)n2)cc1.Cl. The lowest BCUT2D eigenvalue weighted by Gasteiger charge is -2.34. The molecule has 26 heavy (non-hydrogen) atoms. The number of carbonyl (C=O) groups is 1. The average Bonchev–Trinajstić information content (AvgIpc) is 3.10. The molecule has 2 N–H and O–H groups in total. The zero-order valence-electron chi connectivity index (χ0n) is 14.9. The lowest BCUT2D eigenvalue weighted by atomic mass is 10.2. The van der Waals surface area contributed by atoms with Crippen molar-refractivity contribution in [3.8, 4) is 17.1 Å². The highest BCUT2D eigenvalue weighted by molar-refractivity contribution is 5.85. The van der Waals surface area contributed by atoms with Gasteiger partial charge in [0.15, 0.2) is 0 Å². The summed E-state index contributed by atoms with van der Waals surface area (Å²) in [6.07, 6.45) is 0. The molecule has 1 saturated heterocycles. The Morgan fingerprint density at radius 3 is 2.50 bits per heavy atom. The van der Waals surface area contributed by atoms with E-state index < -0.39 is 6.04 Å². The number of amides is 1. The van der Waals surface area contributed by atoms with Crippen LogP contribution in [0.15, 0.2) is 28.8 Å². The van der Waals surface area contributed by atoms with Gasteiger partial charge in [0.2, 0.25) is 17.6 Å². The Bertz CT molecular complexity index is 711. The predicted octanol–water partition coefficient (Wildman–Crippen LogP) is 1.16. The molecule has 1 aromatic heterocycles. The van der Waals surface area contributed by atoms with Gasteiger partial charge in [-0.05, 0) is 31.2 Å². The lowest BCUT2D eigenvalue weighted by Crippen LogP contribution is -2.52. The van der Waals surface area contributed by atoms with E-state index in [0.29, 0.717) is 31.3 Å². The molecule has 142 valence electrons. The van der Waals surface area contributed by atoms with Gasteiger partial charge in [-0.25, -0.2) is 0 Å². The molecule has 0 spiro atoms. The number of nitrogens with two attached hydrogens (primary N) is 1. The molecule has 1 aromatic carbocycles. The van der Waals surface area contributed by atoms with Crippen molar-refractivity contribution in [2.75, 3.05) is 33.3 Å². The molecule has 8 nitrogen and oxygen atoms in total. The number of rotatable bonds is 5. The second-order valence-corrected chi connectivity index (χ2v) is 6.13. The van der Waals surface area contributed by atoms with E-state index in [1.807, 2.05) is 24.3 Å². The van der Waals surface area contributed by atoms with Crippen molar-refractivity contribution in [1.29, 1.82) is 0 Å². The van der Waals surface area contributed by atoms with Gasteiger partial charge in [-0.15, -0.1) is 12.4 Å². The van der Waals surface area contributed by atoms with Gasteiger partial charge in [-0.2, -0.15) is 4.98 Å². The smallest absolute Gasteiger partial charge is 0.241 e. The normalized spacial score (nSPS) is 16.0. The van der Waals surface area contributed by atoms with Crippen LogP contribution in [0.2, 0.25) is 0 Å². The van der Waals surface area contributed by atoms with E-state index in [-0.39, 0.29) is 18.3 Å². The lowest BCUT2D eigenvalue weighted by molar-refractivity contribution is -0.134. The summed E-state index contributed by atoms with van der Waals surface area (Å²) in [6.45, 7) is 5.15. The third-order valence-electron chi connectivity index (χ3n) is 4.25. The molecule has 1 atom stereocenters. The Morgan fingerprint density at radius 1 is 1.27 bits per heavy atom. The molecule has 0 saturated carbocycles. The highest BCUT2D eigenvalue weighted by Crippen LogP contribution is 2.20. The van der Waals surface area contributed by atoms with E-state index in [0.717, 1.165) is 24.4 Å². The average molecular weight is 382 g/mol. The number of hydrogen-bond acceptors (Lipinski definition) is 7. The van der Waals surface area contributed by atoms with Crippen LogP contribution in [-0.2, 0) is 11.3 Å². The van der Waals surface area contributed by atoms with Crippen molar-refractivity contribution < 1.29 is 14.1 Å². The minimum atomic E-state index is -0.449. The van der Waals surface area contributed by atoms with Crippen LogP contribution in [0.5, 0.6) is 5.75 Å². The van der Waals surface area contributed by atoms with E-state index in [4.69, 9.17) is 15.0 Å². The summed E-state index contributed by atoms with van der Waals surface area (Å²) in [6, 6.07) is 7.06. The van der Waals surface area contributed by atoms with Crippen LogP contribution >= 0.6 is 12.4 Å². The highest BCUT2D eigenvalue weighted by atomic mass is 35.5. The van der Waals surface area contributed by atoms with Gasteiger partial charge >= 0.3 is 0 Å². The maximum atomic E-state index is 11.9. The molecule has 2 heterocycles. The van der Waals surface area contributed by atoms with Crippen molar-refractivity contribution in [1.82, 2.24) is 19.9 Å². The second-order valence-electron chi connectivity index (χ2n) is 6.13. The molecular formula is C17H24ClN5O3. The molecular weight excluding hydrogens is 358 g/mol. The van der Waals surface area contributed by atoms with Gasteiger partial charge in [0.05, 0.1) is 19.7 Å². The quantitative estimate of drug-likeness (QED) is 0.829. The van der Waals surface area contributed by atoms with E-state index in [2.05, 4.69) is 15.0 Å². The largest absolute Gasteiger partial charge is 0.497 e. The Hall–Kier alpha value is -2.16. The molecule has 1 unspecified atom stereocenters. The molecule has 1 amide bonds. The molecule has 9 heteroatoms. The Labute approximate surface area is 158 Å². The van der Waals surface area contributed by atoms with Gasteiger partial charge in [0.1, 0.15) is 5.75 Å². The van der Waals surface area contributed by atoms with Crippen molar-refractivity contribution >= 4 is 18.3 Å². The third kappa shape index (κ3) is 4.72. The van der Waals surface area contributed by atoms with Crippen molar-refractivity contribution in [2.45, 2.75) is 19.5 Å². The van der Waals surface area contributed by atoms with Crippen LogP contribution in [-0.4, -0.2) is 65.2 Å². The van der Waals surface area contributed by atoms with Crippen LogP contribution in [0.1, 0.15) is 12.8 Å². The van der Waals surface area contributed by atoms with Crippen LogP contribution in [0.25, 0.3) is 11.4 Å². The molecule has 0 aliphatic carbocycles. The van der Waals surface area contributed by atoms with Crippen molar-refractivity contribution in [2.24, 2.45) is 5.73 Å². The van der Waals surface area contributed by atoms with Crippen LogP contribution in [0.4, 0.5) is 0 Å². The molecule has 2 aromatic rings. The molecule has 1 aliphatic heterocycles. The number of methoxy groups -OCH3 is 1. The first-order valence-electron chi connectivity index (χ1n) is 8.30. The minimum Gasteiger partial charge on any atom is -0.497 e. The van der Waals surface area contributed by atoms with Crippen LogP contribution < -0.4 is 10.5 Å². The first-order chi connectivity index (χ1) is 12.1. The van der Waals surface area contributed by atoms with Crippen LogP contribution in [0.3, 0.4) is 0 Å². The number of hydrogen-bond donors (Lipinski definition) is 1. The fraction of sp³-hybridized carbons (Fsp3) is 0.471. The number of carbonyl (C=O) groups excluding carboxylic acids is 1. The van der Waals surface area contributed by atoms with Crippen LogP contribution in [0, 0.1) is 0 Å². The summed E-state index contributed by atoms with van der Waals surface area (Å²) in [4.78, 5) is 20.3. The second kappa shape index (κ2) is 8.98. The van der Waals surface area contributed by atoms with Gasteiger partial charge in [-0.1, -0.05) is 5.16 Å². The number of piperazine rings is 1. The first-order valence-corrected chi connectivity index (χ1v) is 8.30. The maximum Gasteiger partial charge on any atom is 0.241 e. The van der Waals surface area contributed by atoms with Gasteiger partial charge in [-0.3, -0.25) is 9.69 Å². The molecule has 1 fully saturated rings.